The van der Waals surface area contributed by atoms with Crippen molar-refractivity contribution in [1.82, 2.24) is 0 Å². The Morgan fingerprint density at radius 2 is 2.20 bits per heavy atom. The highest BCUT2D eigenvalue weighted by molar-refractivity contribution is 6.34. The molecule has 0 unspecified atom stereocenters. The second-order valence-electron chi connectivity index (χ2n) is 3.29. The van der Waals surface area contributed by atoms with E-state index in [1.807, 2.05) is 13.8 Å². The number of ether oxygens (including phenoxy) is 1. The van der Waals surface area contributed by atoms with Gasteiger partial charge in [-0.05, 0) is 25.0 Å². The summed E-state index contributed by atoms with van der Waals surface area (Å²) in [4.78, 5) is 11.5. The van der Waals surface area contributed by atoms with Crippen LogP contribution < -0.4 is 5.73 Å². The van der Waals surface area contributed by atoms with Crippen molar-refractivity contribution in [3.63, 3.8) is 0 Å². The number of nitrogen functional groups attached to an aromatic ring is 1. The van der Waals surface area contributed by atoms with Gasteiger partial charge in [-0.1, -0.05) is 24.6 Å². The number of carbonyl (C=O) groups is 1. The summed E-state index contributed by atoms with van der Waals surface area (Å²) in [6.45, 7) is 4.16. The van der Waals surface area contributed by atoms with E-state index in [9.17, 15) is 4.79 Å². The van der Waals surface area contributed by atoms with E-state index in [4.69, 9.17) is 22.1 Å². The molecule has 0 aliphatic carbocycles. The van der Waals surface area contributed by atoms with Crippen LogP contribution in [-0.2, 0) is 4.74 Å². The number of rotatable bonds is 3. The van der Waals surface area contributed by atoms with Gasteiger partial charge in [0.1, 0.15) is 0 Å². The van der Waals surface area contributed by atoms with E-state index in [2.05, 4.69) is 0 Å². The van der Waals surface area contributed by atoms with Crippen LogP contribution in [0.2, 0.25) is 5.02 Å². The lowest BCUT2D eigenvalue weighted by Crippen LogP contribution is -2.09. The predicted octanol–water partition coefficient (Wildman–Crippen LogP) is 2.80. The number of benzene rings is 1. The Bertz CT molecular complexity index is 377. The first-order chi connectivity index (χ1) is 7.07. The first-order valence-electron chi connectivity index (χ1n) is 4.79. The largest absolute Gasteiger partial charge is 0.462 e. The molecule has 0 heterocycles. The summed E-state index contributed by atoms with van der Waals surface area (Å²) in [5, 5.41) is 0.418. The molecule has 2 N–H and O–H groups in total. The number of hydrogen-bond acceptors (Lipinski definition) is 3. The van der Waals surface area contributed by atoms with E-state index in [0.29, 0.717) is 17.2 Å². The first-order valence-corrected chi connectivity index (χ1v) is 5.17. The van der Waals surface area contributed by atoms with E-state index in [1.165, 1.54) is 0 Å². The lowest BCUT2D eigenvalue weighted by atomic mass is 10.1. The van der Waals surface area contributed by atoms with Crippen molar-refractivity contribution in [2.24, 2.45) is 0 Å². The van der Waals surface area contributed by atoms with Gasteiger partial charge < -0.3 is 10.5 Å². The van der Waals surface area contributed by atoms with E-state index in [1.54, 1.807) is 12.1 Å². The topological polar surface area (TPSA) is 52.3 Å². The molecular formula is C11H14ClNO2. The second-order valence-corrected chi connectivity index (χ2v) is 3.67. The molecule has 4 heteroatoms. The first kappa shape index (κ1) is 11.9. The van der Waals surface area contributed by atoms with Crippen LogP contribution in [0, 0.1) is 6.92 Å². The van der Waals surface area contributed by atoms with Crippen LogP contribution >= 0.6 is 11.6 Å². The minimum atomic E-state index is -0.420. The molecule has 0 fully saturated rings. The number of aryl methyl sites for hydroxylation is 1. The van der Waals surface area contributed by atoms with Gasteiger partial charge in [0.25, 0.3) is 0 Å². The molecule has 0 saturated heterocycles. The molecule has 0 saturated carbocycles. The van der Waals surface area contributed by atoms with Crippen LogP contribution in [0.25, 0.3) is 0 Å². The monoisotopic (exact) mass is 227 g/mol. The number of hydrogen-bond donors (Lipinski definition) is 1. The van der Waals surface area contributed by atoms with Crippen LogP contribution in [0.4, 0.5) is 5.69 Å². The van der Waals surface area contributed by atoms with Crippen molar-refractivity contribution in [3.05, 3.63) is 28.3 Å². The van der Waals surface area contributed by atoms with Crippen molar-refractivity contribution in [1.29, 1.82) is 0 Å². The highest BCUT2D eigenvalue weighted by atomic mass is 35.5. The fraction of sp³-hybridized carbons (Fsp3) is 0.364. The highest BCUT2D eigenvalue weighted by Gasteiger charge is 2.14. The number of anilines is 1. The van der Waals surface area contributed by atoms with E-state index >= 15 is 0 Å². The molecule has 0 atom stereocenters. The Morgan fingerprint density at radius 1 is 1.53 bits per heavy atom. The lowest BCUT2D eigenvalue weighted by Gasteiger charge is -2.08. The van der Waals surface area contributed by atoms with Gasteiger partial charge in [0, 0.05) is 0 Å². The Kier molecular flexibility index (Phi) is 3.97. The molecule has 0 spiro atoms. The fourth-order valence-electron chi connectivity index (χ4n) is 1.15. The molecule has 0 radical (unpaired) electrons. The third kappa shape index (κ3) is 2.63. The maximum absolute atomic E-state index is 11.5. The van der Waals surface area contributed by atoms with Gasteiger partial charge in [-0.15, -0.1) is 0 Å². The van der Waals surface area contributed by atoms with Gasteiger partial charge in [-0.25, -0.2) is 4.79 Å². The average Bonchev–Trinajstić information content (AvgIpc) is 2.23. The molecule has 82 valence electrons. The van der Waals surface area contributed by atoms with Crippen molar-refractivity contribution >= 4 is 23.3 Å². The van der Waals surface area contributed by atoms with Crippen LogP contribution in [0.3, 0.4) is 0 Å². The summed E-state index contributed by atoms with van der Waals surface area (Å²) in [7, 11) is 0. The molecule has 0 bridgehead atoms. The third-order valence-electron chi connectivity index (χ3n) is 2.03. The van der Waals surface area contributed by atoms with Crippen LogP contribution in [0.1, 0.15) is 29.3 Å². The van der Waals surface area contributed by atoms with Crippen molar-refractivity contribution < 1.29 is 9.53 Å². The summed E-state index contributed by atoms with van der Waals surface area (Å²) in [6, 6.07) is 3.38. The minimum Gasteiger partial charge on any atom is -0.462 e. The van der Waals surface area contributed by atoms with Crippen molar-refractivity contribution in [2.75, 3.05) is 12.3 Å². The molecule has 1 aromatic carbocycles. The summed E-state index contributed by atoms with van der Waals surface area (Å²) in [5.74, 6) is -0.420. The lowest BCUT2D eigenvalue weighted by molar-refractivity contribution is 0.0506. The van der Waals surface area contributed by atoms with Gasteiger partial charge in [0.2, 0.25) is 0 Å². The Balaban J connectivity index is 2.95. The van der Waals surface area contributed by atoms with E-state index in [0.717, 1.165) is 12.0 Å². The number of carbonyl (C=O) groups excluding carboxylic acids is 1. The second kappa shape index (κ2) is 5.03. The summed E-state index contributed by atoms with van der Waals surface area (Å²) < 4.78 is 4.98. The third-order valence-corrected chi connectivity index (χ3v) is 2.53. The molecule has 0 amide bonds. The zero-order valence-electron chi connectivity index (χ0n) is 8.84. The predicted molar refractivity (Wildman–Crippen MR) is 61.2 cm³/mol. The van der Waals surface area contributed by atoms with Crippen molar-refractivity contribution in [2.45, 2.75) is 20.3 Å². The number of halogens is 1. The Labute approximate surface area is 94.2 Å². The molecule has 0 aromatic heterocycles. The zero-order valence-corrected chi connectivity index (χ0v) is 9.60. The SMILES string of the molecule is CCCOC(=O)c1ccc(C)c(Cl)c1N. The van der Waals surface area contributed by atoms with Gasteiger partial charge in [0.15, 0.2) is 0 Å². The van der Waals surface area contributed by atoms with Crippen LogP contribution in [-0.4, -0.2) is 12.6 Å². The van der Waals surface area contributed by atoms with E-state index < -0.39 is 5.97 Å². The molecule has 0 aliphatic heterocycles. The van der Waals surface area contributed by atoms with E-state index in [-0.39, 0.29) is 5.69 Å². The summed E-state index contributed by atoms with van der Waals surface area (Å²) in [5.41, 5.74) is 7.19. The summed E-state index contributed by atoms with van der Waals surface area (Å²) in [6.07, 6.45) is 0.783. The minimum absolute atomic E-state index is 0.290. The molecular weight excluding hydrogens is 214 g/mol. The van der Waals surface area contributed by atoms with Crippen LogP contribution in [0.15, 0.2) is 12.1 Å². The molecule has 1 aromatic rings. The molecule has 3 nitrogen and oxygen atoms in total. The summed E-state index contributed by atoms with van der Waals surface area (Å²) >= 11 is 5.93. The fourth-order valence-corrected chi connectivity index (χ4v) is 1.32. The molecule has 15 heavy (non-hydrogen) atoms. The van der Waals surface area contributed by atoms with Gasteiger partial charge in [-0.3, -0.25) is 0 Å². The number of nitrogens with two attached hydrogens (primary N) is 1. The zero-order chi connectivity index (χ0) is 11.4. The number of esters is 1. The molecule has 0 aliphatic rings. The molecule has 1 rings (SSSR count). The van der Waals surface area contributed by atoms with Crippen molar-refractivity contribution in [3.8, 4) is 0 Å². The van der Waals surface area contributed by atoms with Gasteiger partial charge >= 0.3 is 5.97 Å². The maximum Gasteiger partial charge on any atom is 0.340 e. The maximum atomic E-state index is 11.5. The normalized spacial score (nSPS) is 10.1. The smallest absolute Gasteiger partial charge is 0.340 e. The average molecular weight is 228 g/mol. The Hall–Kier alpha value is -1.22. The highest BCUT2D eigenvalue weighted by Crippen LogP contribution is 2.26. The van der Waals surface area contributed by atoms with Gasteiger partial charge in [0.05, 0.1) is 22.9 Å². The standard InChI is InChI=1S/C11H14ClNO2/c1-3-6-15-11(14)8-5-4-7(2)9(12)10(8)13/h4-5H,3,6,13H2,1-2H3. The van der Waals surface area contributed by atoms with Crippen LogP contribution in [0.5, 0.6) is 0 Å². The quantitative estimate of drug-likeness (QED) is 0.638. The van der Waals surface area contributed by atoms with Gasteiger partial charge in [-0.2, -0.15) is 0 Å². The Morgan fingerprint density at radius 3 is 2.80 bits per heavy atom.